The monoisotopic (exact) mass is 261 g/mol. The number of aryl methyl sites for hydroxylation is 1. The standard InChI is InChI=1S/C16H23NO2/c1-11-6-7-13-8-9-17(12(2)14(13)10-11)15(18)19-16(3,4)5/h6-7,10,12H,8-9H2,1-5H3/t12-/m1/s1. The van der Waals surface area contributed by atoms with E-state index in [9.17, 15) is 4.79 Å². The van der Waals surface area contributed by atoms with Gasteiger partial charge in [0.25, 0.3) is 0 Å². The van der Waals surface area contributed by atoms with Crippen LogP contribution in [0.2, 0.25) is 0 Å². The molecule has 2 rings (SSSR count). The Bertz CT molecular complexity index is 488. The van der Waals surface area contributed by atoms with Crippen LogP contribution in [0, 0.1) is 6.92 Å². The zero-order valence-corrected chi connectivity index (χ0v) is 12.5. The van der Waals surface area contributed by atoms with Crippen LogP contribution in [0.15, 0.2) is 18.2 Å². The van der Waals surface area contributed by atoms with Crippen molar-refractivity contribution in [1.29, 1.82) is 0 Å². The third-order valence-electron chi connectivity index (χ3n) is 3.47. The summed E-state index contributed by atoms with van der Waals surface area (Å²) in [5.41, 5.74) is 3.38. The van der Waals surface area contributed by atoms with Crippen molar-refractivity contribution in [2.45, 2.75) is 52.7 Å². The van der Waals surface area contributed by atoms with Gasteiger partial charge in [-0.25, -0.2) is 4.79 Å². The first kappa shape index (κ1) is 13.9. The molecule has 1 aromatic rings. The summed E-state index contributed by atoms with van der Waals surface area (Å²) in [6.45, 7) is 10.6. The predicted octanol–water partition coefficient (Wildman–Crippen LogP) is 3.85. The molecule has 104 valence electrons. The van der Waals surface area contributed by atoms with Crippen molar-refractivity contribution in [2.75, 3.05) is 6.54 Å². The maximum Gasteiger partial charge on any atom is 0.410 e. The molecule has 0 aliphatic carbocycles. The molecule has 0 saturated heterocycles. The van der Waals surface area contributed by atoms with Crippen LogP contribution >= 0.6 is 0 Å². The molecule has 3 heteroatoms. The summed E-state index contributed by atoms with van der Waals surface area (Å²) >= 11 is 0. The van der Waals surface area contributed by atoms with Crippen molar-refractivity contribution in [3.05, 3.63) is 34.9 Å². The van der Waals surface area contributed by atoms with Gasteiger partial charge in [-0.05, 0) is 52.2 Å². The van der Waals surface area contributed by atoms with Gasteiger partial charge in [-0.1, -0.05) is 23.8 Å². The number of rotatable bonds is 0. The summed E-state index contributed by atoms with van der Waals surface area (Å²) in [5, 5.41) is 0. The molecule has 0 saturated carbocycles. The molecule has 0 spiro atoms. The highest BCUT2D eigenvalue weighted by atomic mass is 16.6. The fourth-order valence-corrected chi connectivity index (χ4v) is 2.50. The minimum atomic E-state index is -0.441. The molecule has 19 heavy (non-hydrogen) atoms. The zero-order valence-electron chi connectivity index (χ0n) is 12.5. The molecule has 0 aromatic heterocycles. The fraction of sp³-hybridized carbons (Fsp3) is 0.562. The van der Waals surface area contributed by atoms with E-state index in [1.807, 2.05) is 25.7 Å². The molecule has 0 bridgehead atoms. The zero-order chi connectivity index (χ0) is 14.2. The molecule has 1 heterocycles. The topological polar surface area (TPSA) is 29.5 Å². The third kappa shape index (κ3) is 3.09. The number of fused-ring (bicyclic) bond motifs is 1. The van der Waals surface area contributed by atoms with Crippen molar-refractivity contribution in [3.8, 4) is 0 Å². The van der Waals surface area contributed by atoms with Crippen LogP contribution in [0.25, 0.3) is 0 Å². The Morgan fingerprint density at radius 2 is 2.05 bits per heavy atom. The number of nitrogens with zero attached hydrogens (tertiary/aromatic N) is 1. The lowest BCUT2D eigenvalue weighted by molar-refractivity contribution is 0.0159. The summed E-state index contributed by atoms with van der Waals surface area (Å²) in [6.07, 6.45) is 0.686. The van der Waals surface area contributed by atoms with Crippen LogP contribution < -0.4 is 0 Å². The van der Waals surface area contributed by atoms with Crippen molar-refractivity contribution >= 4 is 6.09 Å². The average molecular weight is 261 g/mol. The summed E-state index contributed by atoms with van der Waals surface area (Å²) < 4.78 is 5.48. The molecular weight excluding hydrogens is 238 g/mol. The highest BCUT2D eigenvalue weighted by Crippen LogP contribution is 2.31. The van der Waals surface area contributed by atoms with Gasteiger partial charge in [0, 0.05) is 6.54 Å². The van der Waals surface area contributed by atoms with E-state index in [2.05, 4.69) is 32.0 Å². The lowest BCUT2D eigenvalue weighted by atomic mass is 9.92. The van der Waals surface area contributed by atoms with Crippen LogP contribution in [-0.4, -0.2) is 23.1 Å². The maximum atomic E-state index is 12.2. The summed E-state index contributed by atoms with van der Waals surface area (Å²) in [6, 6.07) is 6.57. The van der Waals surface area contributed by atoms with Crippen molar-refractivity contribution < 1.29 is 9.53 Å². The highest BCUT2D eigenvalue weighted by Gasteiger charge is 2.30. The quantitative estimate of drug-likeness (QED) is 0.710. The smallest absolute Gasteiger partial charge is 0.410 e. The first-order valence-electron chi connectivity index (χ1n) is 6.87. The van der Waals surface area contributed by atoms with E-state index in [1.165, 1.54) is 16.7 Å². The van der Waals surface area contributed by atoms with Gasteiger partial charge in [0.15, 0.2) is 0 Å². The Hall–Kier alpha value is -1.51. The van der Waals surface area contributed by atoms with E-state index in [1.54, 1.807) is 0 Å². The van der Waals surface area contributed by atoms with Gasteiger partial charge < -0.3 is 9.64 Å². The molecule has 3 nitrogen and oxygen atoms in total. The van der Waals surface area contributed by atoms with Crippen LogP contribution in [0.5, 0.6) is 0 Å². The number of carbonyl (C=O) groups excluding carboxylic acids is 1. The Kier molecular flexibility index (Phi) is 3.57. The van der Waals surface area contributed by atoms with E-state index in [0.29, 0.717) is 0 Å². The van der Waals surface area contributed by atoms with E-state index >= 15 is 0 Å². The predicted molar refractivity (Wildman–Crippen MR) is 76.2 cm³/mol. The van der Waals surface area contributed by atoms with Gasteiger partial charge in [-0.15, -0.1) is 0 Å². The molecule has 0 unspecified atom stereocenters. The van der Waals surface area contributed by atoms with Crippen molar-refractivity contribution in [3.63, 3.8) is 0 Å². The molecule has 0 N–H and O–H groups in total. The first-order chi connectivity index (χ1) is 8.78. The average Bonchev–Trinajstić information content (AvgIpc) is 2.28. The largest absolute Gasteiger partial charge is 0.444 e. The SMILES string of the molecule is Cc1ccc2c(c1)[C@@H](C)N(C(=O)OC(C)(C)C)CC2. The fourth-order valence-electron chi connectivity index (χ4n) is 2.50. The Morgan fingerprint density at radius 3 is 2.68 bits per heavy atom. The number of hydrogen-bond donors (Lipinski definition) is 0. The Labute approximate surface area is 115 Å². The molecule has 1 aromatic carbocycles. The van der Waals surface area contributed by atoms with Gasteiger partial charge in [-0.3, -0.25) is 0 Å². The number of amides is 1. The third-order valence-corrected chi connectivity index (χ3v) is 3.47. The van der Waals surface area contributed by atoms with Crippen LogP contribution in [0.3, 0.4) is 0 Å². The van der Waals surface area contributed by atoms with Crippen molar-refractivity contribution in [1.82, 2.24) is 4.90 Å². The molecule has 0 radical (unpaired) electrons. The molecule has 1 aliphatic heterocycles. The Balaban J connectivity index is 2.21. The lowest BCUT2D eigenvalue weighted by Gasteiger charge is -2.36. The summed E-state index contributed by atoms with van der Waals surface area (Å²) in [4.78, 5) is 14.0. The summed E-state index contributed by atoms with van der Waals surface area (Å²) in [5.74, 6) is 0. The molecule has 0 fully saturated rings. The normalized spacial score (nSPS) is 19.0. The Morgan fingerprint density at radius 1 is 1.37 bits per heavy atom. The molecule has 1 atom stereocenters. The van der Waals surface area contributed by atoms with Gasteiger partial charge in [0.05, 0.1) is 6.04 Å². The van der Waals surface area contributed by atoms with Crippen LogP contribution in [0.1, 0.15) is 50.4 Å². The first-order valence-corrected chi connectivity index (χ1v) is 6.87. The molecule has 1 aliphatic rings. The molecular formula is C16H23NO2. The van der Waals surface area contributed by atoms with Gasteiger partial charge in [0.2, 0.25) is 0 Å². The van der Waals surface area contributed by atoms with Gasteiger partial charge in [0.1, 0.15) is 5.60 Å². The number of ether oxygens (including phenoxy) is 1. The van der Waals surface area contributed by atoms with Crippen LogP contribution in [0.4, 0.5) is 4.79 Å². The molecule has 1 amide bonds. The van der Waals surface area contributed by atoms with Gasteiger partial charge >= 0.3 is 6.09 Å². The second-order valence-electron chi connectivity index (χ2n) is 6.30. The van der Waals surface area contributed by atoms with E-state index in [0.717, 1.165) is 13.0 Å². The van der Waals surface area contributed by atoms with Crippen molar-refractivity contribution in [2.24, 2.45) is 0 Å². The minimum Gasteiger partial charge on any atom is -0.444 e. The minimum absolute atomic E-state index is 0.0819. The van der Waals surface area contributed by atoms with E-state index in [-0.39, 0.29) is 12.1 Å². The van der Waals surface area contributed by atoms with E-state index in [4.69, 9.17) is 4.74 Å². The summed E-state index contributed by atoms with van der Waals surface area (Å²) in [7, 11) is 0. The van der Waals surface area contributed by atoms with E-state index < -0.39 is 5.60 Å². The number of hydrogen-bond acceptors (Lipinski definition) is 2. The lowest BCUT2D eigenvalue weighted by Crippen LogP contribution is -2.42. The van der Waals surface area contributed by atoms with Crippen LogP contribution in [-0.2, 0) is 11.2 Å². The maximum absolute atomic E-state index is 12.2. The number of benzene rings is 1. The highest BCUT2D eigenvalue weighted by molar-refractivity contribution is 5.69. The van der Waals surface area contributed by atoms with Gasteiger partial charge in [-0.2, -0.15) is 0 Å². The second-order valence-corrected chi connectivity index (χ2v) is 6.30. The second kappa shape index (κ2) is 4.87. The number of carbonyl (C=O) groups is 1.